The normalized spacial score (nSPS) is 12.8. The summed E-state index contributed by atoms with van der Waals surface area (Å²) in [5.74, 6) is 1.26. The molecule has 3 aromatic rings. The second-order valence-corrected chi connectivity index (χ2v) is 10.7. The predicted octanol–water partition coefficient (Wildman–Crippen LogP) is 7.37. The van der Waals surface area contributed by atoms with Crippen LogP contribution in [0.15, 0.2) is 60.7 Å². The molecular weight excluding hydrogens is 438 g/mol. The van der Waals surface area contributed by atoms with Gasteiger partial charge in [0, 0.05) is 0 Å². The minimum Gasteiger partial charge on any atom is -0.450 e. The maximum Gasteiger partial charge on any atom is 0.212 e. The van der Waals surface area contributed by atoms with E-state index in [2.05, 4.69) is 59.7 Å². The highest BCUT2D eigenvalue weighted by Gasteiger charge is 2.24. The Hall–Kier alpha value is -1.96. The van der Waals surface area contributed by atoms with E-state index in [1.54, 1.807) is 0 Å². The summed E-state index contributed by atoms with van der Waals surface area (Å²) in [5, 5.41) is 0. The van der Waals surface area contributed by atoms with Crippen LogP contribution >= 0.6 is 18.1 Å². The van der Waals surface area contributed by atoms with E-state index in [9.17, 15) is 4.89 Å². The maximum atomic E-state index is 9.33. The fraction of sp³-hybridized carbons (Fsp3) is 0.308. The van der Waals surface area contributed by atoms with Crippen LogP contribution in [0.25, 0.3) is 22.3 Å². The molecule has 0 aliphatic carbocycles. The molecule has 0 aliphatic rings. The molecule has 0 saturated heterocycles. The minimum absolute atomic E-state index is 0.0491. The Bertz CT molecular complexity index is 1060. The first-order valence-electron chi connectivity index (χ1n) is 10.6. The van der Waals surface area contributed by atoms with E-state index in [-0.39, 0.29) is 10.8 Å². The van der Waals surface area contributed by atoms with Gasteiger partial charge in [-0.15, -0.1) is 0 Å². The van der Waals surface area contributed by atoms with Crippen LogP contribution in [0.5, 0.6) is 11.5 Å². The summed E-state index contributed by atoms with van der Waals surface area (Å²) in [6.07, 6.45) is 0. The number of rotatable bonds is 6. The summed E-state index contributed by atoms with van der Waals surface area (Å²) in [6, 6.07) is 20.3. The van der Waals surface area contributed by atoms with Crippen LogP contribution in [-0.4, -0.2) is 9.79 Å². The van der Waals surface area contributed by atoms with Crippen molar-refractivity contribution in [2.24, 2.45) is 0 Å². The molecule has 0 aliphatic heterocycles. The molecule has 0 aromatic heterocycles. The van der Waals surface area contributed by atoms with Gasteiger partial charge in [0.2, 0.25) is 18.1 Å². The summed E-state index contributed by atoms with van der Waals surface area (Å²) in [4.78, 5) is 18.4. The van der Waals surface area contributed by atoms with Gasteiger partial charge in [-0.1, -0.05) is 77.9 Å². The van der Waals surface area contributed by atoms with E-state index in [4.69, 9.17) is 13.9 Å². The van der Waals surface area contributed by atoms with Crippen molar-refractivity contribution in [3.63, 3.8) is 0 Å². The molecule has 4 nitrogen and oxygen atoms in total. The van der Waals surface area contributed by atoms with Crippen LogP contribution in [0.2, 0.25) is 0 Å². The molecule has 2 N–H and O–H groups in total. The Balaban J connectivity index is 2.24. The van der Waals surface area contributed by atoms with Gasteiger partial charge >= 0.3 is 0 Å². The lowest BCUT2D eigenvalue weighted by Gasteiger charge is -2.28. The molecule has 32 heavy (non-hydrogen) atoms. The van der Waals surface area contributed by atoms with Gasteiger partial charge in [-0.05, 0) is 68.5 Å². The molecule has 0 radical (unpaired) electrons. The smallest absolute Gasteiger partial charge is 0.212 e. The summed E-state index contributed by atoms with van der Waals surface area (Å²) in [5.41, 5.74) is 6.82. The van der Waals surface area contributed by atoms with Crippen molar-refractivity contribution in [2.45, 2.75) is 52.4 Å². The van der Waals surface area contributed by atoms with Crippen molar-refractivity contribution in [1.82, 2.24) is 0 Å². The zero-order valence-electron chi connectivity index (χ0n) is 19.5. The van der Waals surface area contributed by atoms with Gasteiger partial charge in [-0.3, -0.25) is 0 Å². The Morgan fingerprint density at radius 1 is 0.594 bits per heavy atom. The van der Waals surface area contributed by atoms with Crippen LogP contribution in [-0.2, 0) is 10.8 Å². The third-order valence-corrected chi connectivity index (χ3v) is 6.12. The van der Waals surface area contributed by atoms with Crippen molar-refractivity contribution in [3.05, 3.63) is 71.8 Å². The highest BCUT2D eigenvalue weighted by atomic mass is 31.1. The van der Waals surface area contributed by atoms with Crippen LogP contribution in [0.3, 0.4) is 0 Å². The van der Waals surface area contributed by atoms with E-state index in [0.717, 1.165) is 22.3 Å². The van der Waals surface area contributed by atoms with Gasteiger partial charge in [0.15, 0.2) is 0 Å². The molecule has 6 heteroatoms. The van der Waals surface area contributed by atoms with E-state index >= 15 is 0 Å². The average molecular weight is 470 g/mol. The summed E-state index contributed by atoms with van der Waals surface area (Å²) < 4.78 is 10.7. The minimum atomic E-state index is -0.612. The van der Waals surface area contributed by atoms with Crippen LogP contribution in [0.1, 0.15) is 52.7 Å². The first kappa shape index (κ1) is 24.7. The molecule has 0 fully saturated rings. The summed E-state index contributed by atoms with van der Waals surface area (Å²) in [7, 11) is -1.19. The molecular formula is C26H32O4P2. The molecule has 2 unspecified atom stereocenters. The topological polar surface area (TPSA) is 58.9 Å². The highest BCUT2D eigenvalue weighted by Crippen LogP contribution is 2.42. The van der Waals surface area contributed by atoms with Gasteiger partial charge in [0.1, 0.15) is 11.5 Å². The lowest BCUT2D eigenvalue weighted by molar-refractivity contribution is 0.513. The van der Waals surface area contributed by atoms with Crippen molar-refractivity contribution in [2.75, 3.05) is 0 Å². The van der Waals surface area contributed by atoms with Crippen molar-refractivity contribution in [1.29, 1.82) is 0 Å². The number of benzene rings is 3. The molecule has 0 saturated carbocycles. The Morgan fingerprint density at radius 2 is 1.16 bits per heavy atom. The Labute approximate surface area is 194 Å². The van der Waals surface area contributed by atoms with Gasteiger partial charge in [-0.2, -0.15) is 0 Å². The zero-order valence-corrected chi connectivity index (χ0v) is 21.5. The summed E-state index contributed by atoms with van der Waals surface area (Å²) in [6.45, 7) is 13.4. The first-order valence-corrected chi connectivity index (χ1v) is 12.3. The second-order valence-electron chi connectivity index (χ2n) is 9.88. The van der Waals surface area contributed by atoms with Gasteiger partial charge in [0.05, 0.1) is 0 Å². The van der Waals surface area contributed by atoms with Gasteiger partial charge in [-0.25, -0.2) is 0 Å². The fourth-order valence-corrected chi connectivity index (χ4v) is 4.21. The molecule has 0 bridgehead atoms. The molecule has 0 spiro atoms. The first-order chi connectivity index (χ1) is 15.0. The van der Waals surface area contributed by atoms with Crippen molar-refractivity contribution in [3.8, 4) is 33.8 Å². The number of hydrogen-bond donors (Lipinski definition) is 2. The van der Waals surface area contributed by atoms with E-state index in [1.807, 2.05) is 42.5 Å². The monoisotopic (exact) mass is 470 g/mol. The SMILES string of the molecule is CC(C)(C)c1ccc(-c2cc(OPO)ccc2-c2ccc(OPO)cc2)c(C(C)(C)C)c1. The van der Waals surface area contributed by atoms with Crippen molar-refractivity contribution >= 4 is 18.1 Å². The largest absolute Gasteiger partial charge is 0.450 e. The standard InChI is InChI=1S/C26H32O4P2/c1-25(2,3)18-9-13-22(24(15-18)26(4,5)6)23-16-20(30-32-28)12-14-21(23)17-7-10-19(11-8-17)29-31-27/h7-16,27-28,31-32H,1-6H3. The lowest BCUT2D eigenvalue weighted by atomic mass is 9.76. The molecule has 0 amide bonds. The highest BCUT2D eigenvalue weighted by molar-refractivity contribution is 7.25. The predicted molar refractivity (Wildman–Crippen MR) is 137 cm³/mol. The van der Waals surface area contributed by atoms with Crippen LogP contribution in [0, 0.1) is 0 Å². The summed E-state index contributed by atoms with van der Waals surface area (Å²) >= 11 is 0. The van der Waals surface area contributed by atoms with Gasteiger partial charge in [0.25, 0.3) is 0 Å². The molecule has 0 heterocycles. The number of hydrogen-bond acceptors (Lipinski definition) is 4. The van der Waals surface area contributed by atoms with Crippen LogP contribution in [0.4, 0.5) is 0 Å². The Morgan fingerprint density at radius 3 is 1.72 bits per heavy atom. The third-order valence-electron chi connectivity index (χ3n) is 5.47. The van der Waals surface area contributed by atoms with E-state index in [1.165, 1.54) is 11.1 Å². The fourth-order valence-electron chi connectivity index (χ4n) is 3.74. The van der Waals surface area contributed by atoms with E-state index < -0.39 is 18.1 Å². The molecule has 3 rings (SSSR count). The van der Waals surface area contributed by atoms with Crippen LogP contribution < -0.4 is 9.05 Å². The van der Waals surface area contributed by atoms with Crippen molar-refractivity contribution < 1.29 is 18.8 Å². The maximum absolute atomic E-state index is 9.33. The third kappa shape index (κ3) is 5.69. The Kier molecular flexibility index (Phi) is 7.63. The average Bonchev–Trinajstić information content (AvgIpc) is 2.73. The molecule has 170 valence electrons. The quantitative estimate of drug-likeness (QED) is 0.369. The van der Waals surface area contributed by atoms with Gasteiger partial charge < -0.3 is 18.8 Å². The van der Waals surface area contributed by atoms with E-state index in [0.29, 0.717) is 11.5 Å². The molecule has 3 aromatic carbocycles. The lowest BCUT2D eigenvalue weighted by Crippen LogP contribution is -2.17. The zero-order chi connectivity index (χ0) is 23.5. The second kappa shape index (κ2) is 9.89. The molecule has 2 atom stereocenters.